The van der Waals surface area contributed by atoms with Crippen molar-refractivity contribution in [2.24, 2.45) is 0 Å². The predicted octanol–water partition coefficient (Wildman–Crippen LogP) is 1.11. The van der Waals surface area contributed by atoms with Gasteiger partial charge >= 0.3 is 11.9 Å². The molecule has 0 aliphatic carbocycles. The first-order valence-electron chi connectivity index (χ1n) is 6.30. The number of anilines is 1. The summed E-state index contributed by atoms with van der Waals surface area (Å²) in [5, 5.41) is 17.3. The minimum absolute atomic E-state index is 0.000264. The highest BCUT2D eigenvalue weighted by atomic mass is 16.4. The number of aliphatic carboxylic acids is 2. The molecule has 0 fully saturated rings. The van der Waals surface area contributed by atoms with E-state index >= 15 is 0 Å². The van der Waals surface area contributed by atoms with Gasteiger partial charge in [-0.1, -0.05) is 12.1 Å². The average molecular weight is 280 g/mol. The van der Waals surface area contributed by atoms with Crippen LogP contribution in [0.25, 0.3) is 0 Å². The Bertz CT molecular complexity index is 459. The van der Waals surface area contributed by atoms with E-state index in [-0.39, 0.29) is 13.0 Å². The van der Waals surface area contributed by atoms with Crippen molar-refractivity contribution in [3.05, 3.63) is 29.8 Å². The average Bonchev–Trinajstić information content (AvgIpc) is 2.35. The Kier molecular flexibility index (Phi) is 5.99. The molecule has 0 atom stereocenters. The molecule has 0 spiro atoms. The molecule has 1 rings (SSSR count). The Hall–Kier alpha value is -2.08. The van der Waals surface area contributed by atoms with Gasteiger partial charge in [-0.15, -0.1) is 0 Å². The minimum atomic E-state index is -0.850. The lowest BCUT2D eigenvalue weighted by molar-refractivity contribution is -0.138. The maximum Gasteiger partial charge on any atom is 0.317 e. The first-order valence-corrected chi connectivity index (χ1v) is 6.30. The molecular weight excluding hydrogens is 260 g/mol. The van der Waals surface area contributed by atoms with Crippen LogP contribution in [0.5, 0.6) is 0 Å². The van der Waals surface area contributed by atoms with Gasteiger partial charge in [0.2, 0.25) is 0 Å². The van der Waals surface area contributed by atoms with E-state index in [0.29, 0.717) is 13.1 Å². The first kappa shape index (κ1) is 16.0. The largest absolute Gasteiger partial charge is 0.481 e. The van der Waals surface area contributed by atoms with Crippen LogP contribution in [-0.4, -0.2) is 54.2 Å². The number of carboxylic acids is 2. The second kappa shape index (κ2) is 7.49. The van der Waals surface area contributed by atoms with Crippen molar-refractivity contribution in [2.45, 2.75) is 13.0 Å². The summed E-state index contributed by atoms with van der Waals surface area (Å²) in [7, 11) is 3.59. The molecule has 1 aromatic rings. The molecule has 0 saturated heterocycles. The zero-order valence-electron chi connectivity index (χ0n) is 11.7. The first-order chi connectivity index (χ1) is 9.38. The van der Waals surface area contributed by atoms with Gasteiger partial charge < -0.3 is 15.1 Å². The second-order valence-electron chi connectivity index (χ2n) is 4.80. The molecule has 0 saturated carbocycles. The van der Waals surface area contributed by atoms with Crippen molar-refractivity contribution in [3.63, 3.8) is 0 Å². The highest BCUT2D eigenvalue weighted by Gasteiger charge is 2.07. The third kappa shape index (κ3) is 5.71. The molecule has 0 amide bonds. The number of hydrogen-bond donors (Lipinski definition) is 2. The highest BCUT2D eigenvalue weighted by Crippen LogP contribution is 2.15. The van der Waals surface area contributed by atoms with Crippen LogP contribution in [0.4, 0.5) is 5.69 Å². The van der Waals surface area contributed by atoms with E-state index in [1.54, 1.807) is 11.9 Å². The standard InChI is InChI=1S/C14H20N2O4/c1-15(10-14(19)20)9-11-3-5-12(6-4-11)16(2)8-7-13(17)18/h3-6H,7-10H2,1-2H3,(H,17,18)(H,19,20). The van der Waals surface area contributed by atoms with Gasteiger partial charge in [-0.2, -0.15) is 0 Å². The Morgan fingerprint density at radius 3 is 2.15 bits per heavy atom. The molecular formula is C14H20N2O4. The zero-order valence-corrected chi connectivity index (χ0v) is 11.7. The van der Waals surface area contributed by atoms with Gasteiger partial charge in [0.1, 0.15) is 0 Å². The molecule has 6 heteroatoms. The topological polar surface area (TPSA) is 81.1 Å². The van der Waals surface area contributed by atoms with E-state index in [1.807, 2.05) is 36.2 Å². The Morgan fingerprint density at radius 2 is 1.65 bits per heavy atom. The molecule has 2 N–H and O–H groups in total. The summed E-state index contributed by atoms with van der Waals surface area (Å²) in [5.74, 6) is -1.67. The Balaban J connectivity index is 2.55. The third-order valence-electron chi connectivity index (χ3n) is 2.90. The highest BCUT2D eigenvalue weighted by molar-refractivity contribution is 5.69. The molecule has 0 bridgehead atoms. The van der Waals surface area contributed by atoms with Crippen LogP contribution in [0.3, 0.4) is 0 Å². The number of rotatable bonds is 8. The summed E-state index contributed by atoms with van der Waals surface area (Å²) in [6.07, 6.45) is 0.0968. The van der Waals surface area contributed by atoms with Crippen LogP contribution < -0.4 is 4.90 Å². The van der Waals surface area contributed by atoms with Crippen molar-refractivity contribution in [3.8, 4) is 0 Å². The van der Waals surface area contributed by atoms with Crippen molar-refractivity contribution >= 4 is 17.6 Å². The van der Waals surface area contributed by atoms with Crippen LogP contribution in [0.15, 0.2) is 24.3 Å². The van der Waals surface area contributed by atoms with Crippen molar-refractivity contribution in [1.29, 1.82) is 0 Å². The predicted molar refractivity (Wildman–Crippen MR) is 75.9 cm³/mol. The summed E-state index contributed by atoms with van der Waals surface area (Å²) >= 11 is 0. The second-order valence-corrected chi connectivity index (χ2v) is 4.80. The molecule has 0 aliphatic rings. The van der Waals surface area contributed by atoms with Gasteiger partial charge in [0, 0.05) is 25.8 Å². The molecule has 1 aromatic carbocycles. The van der Waals surface area contributed by atoms with Crippen molar-refractivity contribution in [1.82, 2.24) is 4.90 Å². The fraction of sp³-hybridized carbons (Fsp3) is 0.429. The van der Waals surface area contributed by atoms with Gasteiger partial charge in [0.15, 0.2) is 0 Å². The Labute approximate surface area is 118 Å². The van der Waals surface area contributed by atoms with E-state index in [4.69, 9.17) is 10.2 Å². The van der Waals surface area contributed by atoms with E-state index in [1.165, 1.54) is 0 Å². The number of carbonyl (C=O) groups is 2. The lowest BCUT2D eigenvalue weighted by atomic mass is 10.2. The van der Waals surface area contributed by atoms with E-state index in [9.17, 15) is 9.59 Å². The number of likely N-dealkylation sites (N-methyl/N-ethyl adjacent to an activating group) is 1. The molecule has 0 aromatic heterocycles. The van der Waals surface area contributed by atoms with Crippen LogP contribution >= 0.6 is 0 Å². The van der Waals surface area contributed by atoms with Crippen LogP contribution in [0.2, 0.25) is 0 Å². The minimum Gasteiger partial charge on any atom is -0.481 e. The van der Waals surface area contributed by atoms with E-state index < -0.39 is 11.9 Å². The molecule has 0 heterocycles. The fourth-order valence-electron chi connectivity index (χ4n) is 1.85. The normalized spacial score (nSPS) is 10.6. The number of benzene rings is 1. The number of nitrogens with zero attached hydrogens (tertiary/aromatic N) is 2. The molecule has 0 unspecified atom stereocenters. The van der Waals surface area contributed by atoms with Crippen molar-refractivity contribution < 1.29 is 19.8 Å². The Morgan fingerprint density at radius 1 is 1.05 bits per heavy atom. The van der Waals surface area contributed by atoms with Gasteiger partial charge in [0.05, 0.1) is 13.0 Å². The van der Waals surface area contributed by atoms with Gasteiger partial charge in [-0.05, 0) is 24.7 Å². The third-order valence-corrected chi connectivity index (χ3v) is 2.90. The number of carboxylic acid groups (broad SMARTS) is 2. The maximum atomic E-state index is 10.6. The quantitative estimate of drug-likeness (QED) is 0.742. The van der Waals surface area contributed by atoms with Crippen molar-refractivity contribution in [2.75, 3.05) is 32.1 Å². The molecule has 0 aliphatic heterocycles. The summed E-state index contributed by atoms with van der Waals surface area (Å²) in [5.41, 5.74) is 1.96. The fourth-order valence-corrected chi connectivity index (χ4v) is 1.85. The van der Waals surface area contributed by atoms with Gasteiger partial charge in [-0.3, -0.25) is 14.5 Å². The van der Waals surface area contributed by atoms with Crippen LogP contribution in [0, 0.1) is 0 Å². The SMILES string of the molecule is CN(CC(=O)O)Cc1ccc(N(C)CCC(=O)O)cc1. The summed E-state index contributed by atoms with van der Waals surface area (Å²) in [6.45, 7) is 1.01. The lowest BCUT2D eigenvalue weighted by Crippen LogP contribution is -2.25. The number of hydrogen-bond acceptors (Lipinski definition) is 4. The lowest BCUT2D eigenvalue weighted by Gasteiger charge is -2.19. The molecule has 20 heavy (non-hydrogen) atoms. The summed E-state index contributed by atoms with van der Waals surface area (Å²) in [4.78, 5) is 24.7. The maximum absolute atomic E-state index is 10.6. The monoisotopic (exact) mass is 280 g/mol. The molecule has 0 radical (unpaired) electrons. The molecule has 110 valence electrons. The molecule has 6 nitrogen and oxygen atoms in total. The zero-order chi connectivity index (χ0) is 15.1. The summed E-state index contributed by atoms with van der Waals surface area (Å²) < 4.78 is 0. The van der Waals surface area contributed by atoms with Crippen LogP contribution in [0.1, 0.15) is 12.0 Å². The van der Waals surface area contributed by atoms with Gasteiger partial charge in [0.25, 0.3) is 0 Å². The van der Waals surface area contributed by atoms with Gasteiger partial charge in [-0.25, -0.2) is 0 Å². The van der Waals surface area contributed by atoms with Crippen LogP contribution in [-0.2, 0) is 16.1 Å². The summed E-state index contributed by atoms with van der Waals surface area (Å²) in [6, 6.07) is 7.66. The smallest absolute Gasteiger partial charge is 0.317 e. The van der Waals surface area contributed by atoms with E-state index in [2.05, 4.69) is 0 Å². The van der Waals surface area contributed by atoms with E-state index in [0.717, 1.165) is 11.3 Å².